The standard InChI is InChI=1S/C14H18N2O/c15-13(12-7-8-12)10-16-14(17)9-6-11-4-2-1-3-5-11/h1-6,9,12-13H,7-8,10,15H2,(H,16,17)/b9-6+. The quantitative estimate of drug-likeness (QED) is 0.754. The van der Waals surface area contributed by atoms with Gasteiger partial charge in [0.25, 0.3) is 0 Å². The second kappa shape index (κ2) is 5.64. The summed E-state index contributed by atoms with van der Waals surface area (Å²) in [5, 5.41) is 2.82. The Morgan fingerprint density at radius 3 is 2.76 bits per heavy atom. The SMILES string of the molecule is NC(CNC(=O)/C=C/c1ccccc1)C1CC1. The van der Waals surface area contributed by atoms with Gasteiger partial charge in [0.2, 0.25) is 5.91 Å². The Hall–Kier alpha value is -1.61. The molecule has 1 saturated carbocycles. The van der Waals surface area contributed by atoms with Crippen molar-refractivity contribution in [1.82, 2.24) is 5.32 Å². The zero-order valence-electron chi connectivity index (χ0n) is 9.80. The molecule has 1 unspecified atom stereocenters. The van der Waals surface area contributed by atoms with Crippen molar-refractivity contribution in [3.63, 3.8) is 0 Å². The van der Waals surface area contributed by atoms with Crippen LogP contribution in [0.15, 0.2) is 36.4 Å². The lowest BCUT2D eigenvalue weighted by atomic mass is 10.2. The van der Waals surface area contributed by atoms with Crippen molar-refractivity contribution in [2.75, 3.05) is 6.54 Å². The molecular weight excluding hydrogens is 212 g/mol. The number of hydrogen-bond acceptors (Lipinski definition) is 2. The number of carbonyl (C=O) groups is 1. The monoisotopic (exact) mass is 230 g/mol. The van der Waals surface area contributed by atoms with Crippen molar-refractivity contribution < 1.29 is 4.79 Å². The number of rotatable bonds is 5. The third kappa shape index (κ3) is 4.04. The number of nitrogens with two attached hydrogens (primary N) is 1. The molecule has 1 aromatic rings. The second-order valence-electron chi connectivity index (χ2n) is 4.49. The van der Waals surface area contributed by atoms with Gasteiger partial charge in [-0.1, -0.05) is 30.3 Å². The number of hydrogen-bond donors (Lipinski definition) is 2. The van der Waals surface area contributed by atoms with Crippen LogP contribution in [0.1, 0.15) is 18.4 Å². The Morgan fingerprint density at radius 2 is 2.12 bits per heavy atom. The van der Waals surface area contributed by atoms with E-state index >= 15 is 0 Å². The van der Waals surface area contributed by atoms with Crippen LogP contribution in [0.5, 0.6) is 0 Å². The Bertz CT molecular complexity index is 396. The maximum atomic E-state index is 11.5. The lowest BCUT2D eigenvalue weighted by Crippen LogP contribution is -2.37. The van der Waals surface area contributed by atoms with E-state index in [1.54, 1.807) is 12.2 Å². The number of carbonyl (C=O) groups excluding carboxylic acids is 1. The molecule has 1 aliphatic rings. The van der Waals surface area contributed by atoms with Gasteiger partial charge in [-0.3, -0.25) is 4.79 Å². The van der Waals surface area contributed by atoms with Gasteiger partial charge in [-0.2, -0.15) is 0 Å². The van der Waals surface area contributed by atoms with Gasteiger partial charge in [-0.25, -0.2) is 0 Å². The molecule has 0 bridgehead atoms. The number of benzene rings is 1. The first-order valence-electron chi connectivity index (χ1n) is 6.02. The lowest BCUT2D eigenvalue weighted by molar-refractivity contribution is -0.116. The third-order valence-electron chi connectivity index (χ3n) is 2.97. The molecule has 0 heterocycles. The molecule has 0 saturated heterocycles. The summed E-state index contributed by atoms with van der Waals surface area (Å²) in [7, 11) is 0. The molecule has 0 aromatic heterocycles. The largest absolute Gasteiger partial charge is 0.351 e. The molecular formula is C14H18N2O. The van der Waals surface area contributed by atoms with E-state index in [1.807, 2.05) is 30.3 Å². The van der Waals surface area contributed by atoms with E-state index in [4.69, 9.17) is 5.73 Å². The summed E-state index contributed by atoms with van der Waals surface area (Å²) >= 11 is 0. The maximum absolute atomic E-state index is 11.5. The van der Waals surface area contributed by atoms with Crippen molar-refractivity contribution in [2.24, 2.45) is 11.7 Å². The minimum Gasteiger partial charge on any atom is -0.351 e. The van der Waals surface area contributed by atoms with Crippen molar-refractivity contribution in [3.05, 3.63) is 42.0 Å². The van der Waals surface area contributed by atoms with Gasteiger partial charge in [0.1, 0.15) is 0 Å². The molecule has 0 aliphatic heterocycles. The highest BCUT2D eigenvalue weighted by Gasteiger charge is 2.28. The summed E-state index contributed by atoms with van der Waals surface area (Å²) in [4.78, 5) is 11.5. The average molecular weight is 230 g/mol. The zero-order chi connectivity index (χ0) is 12.1. The minimum atomic E-state index is -0.0787. The van der Waals surface area contributed by atoms with Crippen molar-refractivity contribution >= 4 is 12.0 Å². The first kappa shape index (κ1) is 11.9. The van der Waals surface area contributed by atoms with Crippen molar-refractivity contribution in [1.29, 1.82) is 0 Å². The second-order valence-corrected chi connectivity index (χ2v) is 4.49. The highest BCUT2D eigenvalue weighted by molar-refractivity contribution is 5.91. The van der Waals surface area contributed by atoms with Gasteiger partial charge in [-0.15, -0.1) is 0 Å². The molecule has 1 aliphatic carbocycles. The Labute approximate surface area is 102 Å². The van der Waals surface area contributed by atoms with E-state index in [9.17, 15) is 4.79 Å². The van der Waals surface area contributed by atoms with Crippen LogP contribution in [0.3, 0.4) is 0 Å². The predicted octanol–water partition coefficient (Wildman–Crippen LogP) is 1.55. The van der Waals surface area contributed by atoms with Crippen LogP contribution in [0.2, 0.25) is 0 Å². The molecule has 3 heteroatoms. The van der Waals surface area contributed by atoms with Crippen LogP contribution in [0, 0.1) is 5.92 Å². The Morgan fingerprint density at radius 1 is 1.41 bits per heavy atom. The van der Waals surface area contributed by atoms with Gasteiger partial charge >= 0.3 is 0 Å². The van der Waals surface area contributed by atoms with Crippen LogP contribution < -0.4 is 11.1 Å². The van der Waals surface area contributed by atoms with E-state index in [0.717, 1.165) is 5.56 Å². The van der Waals surface area contributed by atoms with E-state index in [0.29, 0.717) is 12.5 Å². The van der Waals surface area contributed by atoms with Gasteiger partial charge < -0.3 is 11.1 Å². The third-order valence-corrected chi connectivity index (χ3v) is 2.97. The topological polar surface area (TPSA) is 55.1 Å². The molecule has 90 valence electrons. The first-order chi connectivity index (χ1) is 8.25. The molecule has 17 heavy (non-hydrogen) atoms. The molecule has 0 radical (unpaired) electrons. The molecule has 1 fully saturated rings. The van der Waals surface area contributed by atoms with Crippen LogP contribution in [0.4, 0.5) is 0 Å². The first-order valence-corrected chi connectivity index (χ1v) is 6.02. The molecule has 3 nitrogen and oxygen atoms in total. The Kier molecular flexibility index (Phi) is 3.94. The van der Waals surface area contributed by atoms with E-state index in [1.165, 1.54) is 12.8 Å². The van der Waals surface area contributed by atoms with Crippen molar-refractivity contribution in [3.8, 4) is 0 Å². The van der Waals surface area contributed by atoms with Gasteiger partial charge in [0.05, 0.1) is 0 Å². The molecule has 1 atom stereocenters. The fourth-order valence-electron chi connectivity index (χ4n) is 1.70. The van der Waals surface area contributed by atoms with Gasteiger partial charge in [-0.05, 0) is 30.4 Å². The smallest absolute Gasteiger partial charge is 0.244 e. The van der Waals surface area contributed by atoms with Gasteiger partial charge in [0, 0.05) is 18.7 Å². The van der Waals surface area contributed by atoms with E-state index in [2.05, 4.69) is 5.32 Å². The normalized spacial score (nSPS) is 17.0. The summed E-state index contributed by atoms with van der Waals surface area (Å²) in [6, 6.07) is 9.87. The average Bonchev–Trinajstić information content (AvgIpc) is 3.19. The molecule has 1 amide bonds. The molecule has 1 aromatic carbocycles. The van der Waals surface area contributed by atoms with E-state index in [-0.39, 0.29) is 11.9 Å². The number of nitrogens with one attached hydrogen (secondary N) is 1. The van der Waals surface area contributed by atoms with E-state index < -0.39 is 0 Å². The summed E-state index contributed by atoms with van der Waals surface area (Å²) in [6.45, 7) is 0.572. The van der Waals surface area contributed by atoms with Crippen LogP contribution in [-0.4, -0.2) is 18.5 Å². The molecule has 3 N–H and O–H groups in total. The highest BCUT2D eigenvalue weighted by Crippen LogP contribution is 2.31. The predicted molar refractivity (Wildman–Crippen MR) is 69.2 cm³/mol. The van der Waals surface area contributed by atoms with Crippen LogP contribution in [-0.2, 0) is 4.79 Å². The fraction of sp³-hybridized carbons (Fsp3) is 0.357. The molecule has 2 rings (SSSR count). The lowest BCUT2D eigenvalue weighted by Gasteiger charge is -2.09. The van der Waals surface area contributed by atoms with Crippen LogP contribution >= 0.6 is 0 Å². The van der Waals surface area contributed by atoms with Crippen molar-refractivity contribution in [2.45, 2.75) is 18.9 Å². The van der Waals surface area contributed by atoms with Crippen LogP contribution in [0.25, 0.3) is 6.08 Å². The minimum absolute atomic E-state index is 0.0787. The Balaban J connectivity index is 1.75. The fourth-order valence-corrected chi connectivity index (χ4v) is 1.70. The maximum Gasteiger partial charge on any atom is 0.244 e. The van der Waals surface area contributed by atoms with Gasteiger partial charge in [0.15, 0.2) is 0 Å². The zero-order valence-corrected chi connectivity index (χ0v) is 9.80. The highest BCUT2D eigenvalue weighted by atomic mass is 16.1. The summed E-state index contributed by atoms with van der Waals surface area (Å²) in [6.07, 6.45) is 5.76. The summed E-state index contributed by atoms with van der Waals surface area (Å²) in [5.74, 6) is 0.540. The molecule has 0 spiro atoms. The number of amides is 1. The summed E-state index contributed by atoms with van der Waals surface area (Å²) < 4.78 is 0. The summed E-state index contributed by atoms with van der Waals surface area (Å²) in [5.41, 5.74) is 6.92.